The molecular weight excluding hydrogens is 428 g/mol. The molecule has 5 rings (SSSR count). The van der Waals surface area contributed by atoms with Gasteiger partial charge in [-0.05, 0) is 69.2 Å². The highest BCUT2D eigenvalue weighted by Crippen LogP contribution is 2.44. The number of esters is 1. The highest BCUT2D eigenvalue weighted by molar-refractivity contribution is 5.88. The van der Waals surface area contributed by atoms with E-state index in [4.69, 9.17) is 9.47 Å². The van der Waals surface area contributed by atoms with Crippen LogP contribution in [0.1, 0.15) is 80.3 Å². The van der Waals surface area contributed by atoms with Crippen molar-refractivity contribution in [2.75, 3.05) is 38.2 Å². The van der Waals surface area contributed by atoms with Crippen LogP contribution in [0.2, 0.25) is 0 Å². The normalized spacial score (nSPS) is 20.3. The van der Waals surface area contributed by atoms with Crippen LogP contribution in [0.4, 0.5) is 5.95 Å². The molecule has 1 saturated carbocycles. The van der Waals surface area contributed by atoms with Gasteiger partial charge in [-0.1, -0.05) is 38.1 Å². The van der Waals surface area contributed by atoms with Gasteiger partial charge in [0, 0.05) is 12.4 Å². The summed E-state index contributed by atoms with van der Waals surface area (Å²) in [5, 5.41) is 3.54. The summed E-state index contributed by atoms with van der Waals surface area (Å²) in [6, 6.07) is 9.83. The fourth-order valence-electron chi connectivity index (χ4n) is 5.05. The number of carbonyl (C=O) groups is 1. The van der Waals surface area contributed by atoms with E-state index in [2.05, 4.69) is 44.5 Å². The maximum atomic E-state index is 11.8. The van der Waals surface area contributed by atoms with E-state index >= 15 is 0 Å². The van der Waals surface area contributed by atoms with E-state index in [9.17, 15) is 4.79 Å². The maximum absolute atomic E-state index is 11.8. The van der Waals surface area contributed by atoms with E-state index in [1.807, 2.05) is 13.8 Å². The third-order valence-electron chi connectivity index (χ3n) is 7.32. The molecule has 0 spiro atoms. The maximum Gasteiger partial charge on any atom is 0.341 e. The van der Waals surface area contributed by atoms with Gasteiger partial charge in [0.05, 0.1) is 37.0 Å². The molecule has 0 unspecified atom stereocenters. The molecule has 7 heteroatoms. The number of hydrogen-bond donors (Lipinski definition) is 1. The van der Waals surface area contributed by atoms with Gasteiger partial charge in [-0.15, -0.1) is 0 Å². The van der Waals surface area contributed by atoms with Crippen molar-refractivity contribution in [3.63, 3.8) is 0 Å². The van der Waals surface area contributed by atoms with Crippen molar-refractivity contribution in [2.45, 2.75) is 70.4 Å². The minimum atomic E-state index is -0.389. The average molecular weight is 467 g/mol. The lowest BCUT2D eigenvalue weighted by atomic mass is 9.71. The van der Waals surface area contributed by atoms with Gasteiger partial charge < -0.3 is 14.8 Å². The van der Waals surface area contributed by atoms with Gasteiger partial charge in [0.2, 0.25) is 5.95 Å². The topological polar surface area (TPSA) is 76.6 Å². The Kier molecular flexibility index (Phi) is 8.16. The van der Waals surface area contributed by atoms with Crippen LogP contribution < -0.4 is 5.32 Å². The van der Waals surface area contributed by atoms with Crippen LogP contribution in [0.25, 0.3) is 0 Å². The molecule has 1 aromatic carbocycles. The Hall–Kier alpha value is -2.51. The zero-order valence-electron chi connectivity index (χ0n) is 20.8. The summed E-state index contributed by atoms with van der Waals surface area (Å²) in [6.07, 6.45) is 8.79. The van der Waals surface area contributed by atoms with Crippen LogP contribution in [0.5, 0.6) is 0 Å². The first-order valence-electron chi connectivity index (χ1n) is 12.9. The molecule has 1 aromatic heterocycles. The third kappa shape index (κ3) is 5.26. The highest BCUT2D eigenvalue weighted by atomic mass is 16.5. The van der Waals surface area contributed by atoms with Crippen LogP contribution in [0.15, 0.2) is 36.7 Å². The molecule has 1 aliphatic carbocycles. The van der Waals surface area contributed by atoms with Crippen LogP contribution in [-0.2, 0) is 15.0 Å². The molecule has 1 N–H and O–H groups in total. The van der Waals surface area contributed by atoms with Crippen molar-refractivity contribution >= 4 is 11.9 Å². The minimum Gasteiger partial charge on any atom is -0.462 e. The second-order valence-electron chi connectivity index (χ2n) is 9.20. The lowest BCUT2D eigenvalue weighted by Gasteiger charge is -2.43. The summed E-state index contributed by atoms with van der Waals surface area (Å²) in [7, 11) is 0. The summed E-state index contributed by atoms with van der Waals surface area (Å²) in [5.41, 5.74) is 2.98. The monoisotopic (exact) mass is 466 g/mol. The largest absolute Gasteiger partial charge is 0.462 e. The Morgan fingerprint density at radius 1 is 1.12 bits per heavy atom. The van der Waals surface area contributed by atoms with Crippen LogP contribution >= 0.6 is 0 Å². The highest BCUT2D eigenvalue weighted by Gasteiger charge is 2.39. The summed E-state index contributed by atoms with van der Waals surface area (Å²) in [6.45, 7) is 10.3. The number of piperidine rings is 1. The SMILES string of the molecule is CC.CCOC(=O)c1cnc(NC2(c3ccc(C4CCN(C5COC5)CC4)cc3)CCC2)nc1. The van der Waals surface area contributed by atoms with Gasteiger partial charge in [0.1, 0.15) is 0 Å². The third-order valence-corrected chi connectivity index (χ3v) is 7.32. The van der Waals surface area contributed by atoms with Crippen molar-refractivity contribution < 1.29 is 14.3 Å². The quantitative estimate of drug-likeness (QED) is 0.590. The number of anilines is 1. The van der Waals surface area contributed by atoms with Crippen molar-refractivity contribution in [3.8, 4) is 0 Å². The van der Waals surface area contributed by atoms with Crippen molar-refractivity contribution in [1.82, 2.24) is 14.9 Å². The van der Waals surface area contributed by atoms with Gasteiger partial charge in [-0.2, -0.15) is 0 Å². The second kappa shape index (κ2) is 11.3. The molecule has 0 amide bonds. The number of likely N-dealkylation sites (tertiary alicyclic amines) is 1. The standard InChI is InChI=1S/C25H32N4O3.C2H6/c1-2-32-23(30)20-14-26-24(27-15-20)28-25(10-3-11-25)21-6-4-18(5-7-21)19-8-12-29(13-9-19)22-16-31-17-22;1-2/h4-7,14-15,19,22H,2-3,8-13,16-17H2,1H3,(H,26,27,28);1-2H3. The first kappa shape index (κ1) is 24.6. The molecule has 7 nitrogen and oxygen atoms in total. The Labute approximate surface area is 203 Å². The number of ether oxygens (including phenoxy) is 2. The molecule has 34 heavy (non-hydrogen) atoms. The van der Waals surface area contributed by atoms with Crippen molar-refractivity contribution in [2.24, 2.45) is 0 Å². The van der Waals surface area contributed by atoms with E-state index < -0.39 is 0 Å². The molecular formula is C27H38N4O3. The van der Waals surface area contributed by atoms with E-state index in [-0.39, 0.29) is 11.5 Å². The lowest BCUT2D eigenvalue weighted by molar-refractivity contribution is -0.0712. The summed E-state index contributed by atoms with van der Waals surface area (Å²) in [4.78, 5) is 23.1. The van der Waals surface area contributed by atoms with Crippen LogP contribution in [0, 0.1) is 0 Å². The molecule has 3 aliphatic rings. The zero-order chi connectivity index (χ0) is 24.0. The van der Waals surface area contributed by atoms with E-state index in [0.717, 1.165) is 26.1 Å². The predicted molar refractivity (Wildman–Crippen MR) is 133 cm³/mol. The zero-order valence-corrected chi connectivity index (χ0v) is 20.8. The Morgan fingerprint density at radius 2 is 1.76 bits per heavy atom. The summed E-state index contributed by atoms with van der Waals surface area (Å²) in [5.74, 6) is 0.805. The fraction of sp³-hybridized carbons (Fsp3) is 0.593. The summed E-state index contributed by atoms with van der Waals surface area (Å²) >= 11 is 0. The van der Waals surface area contributed by atoms with Crippen molar-refractivity contribution in [3.05, 3.63) is 53.3 Å². The van der Waals surface area contributed by atoms with Gasteiger partial charge in [0.25, 0.3) is 0 Å². The first-order valence-corrected chi connectivity index (χ1v) is 12.9. The molecule has 2 aliphatic heterocycles. The molecule has 0 bridgehead atoms. The molecule has 2 saturated heterocycles. The van der Waals surface area contributed by atoms with E-state index in [1.54, 1.807) is 6.92 Å². The Morgan fingerprint density at radius 3 is 2.26 bits per heavy atom. The minimum absolute atomic E-state index is 0.127. The smallest absolute Gasteiger partial charge is 0.341 e. The first-order chi connectivity index (χ1) is 16.7. The number of nitrogens with zero attached hydrogens (tertiary/aromatic N) is 3. The molecule has 2 aromatic rings. The van der Waals surface area contributed by atoms with Gasteiger partial charge in [-0.25, -0.2) is 14.8 Å². The van der Waals surface area contributed by atoms with Crippen LogP contribution in [-0.4, -0.2) is 59.8 Å². The predicted octanol–water partition coefficient (Wildman–Crippen LogP) is 4.75. The molecule has 0 atom stereocenters. The number of rotatable bonds is 7. The molecule has 3 heterocycles. The number of aromatic nitrogens is 2. The van der Waals surface area contributed by atoms with Crippen molar-refractivity contribution in [1.29, 1.82) is 0 Å². The molecule has 3 fully saturated rings. The number of carbonyl (C=O) groups excluding carboxylic acids is 1. The van der Waals surface area contributed by atoms with Gasteiger partial charge in [-0.3, -0.25) is 4.90 Å². The average Bonchev–Trinajstić information content (AvgIpc) is 2.83. The molecule has 184 valence electrons. The fourth-order valence-corrected chi connectivity index (χ4v) is 5.05. The number of nitrogens with one attached hydrogen (secondary N) is 1. The van der Waals surface area contributed by atoms with E-state index in [1.165, 1.54) is 55.9 Å². The van der Waals surface area contributed by atoms with Crippen LogP contribution in [0.3, 0.4) is 0 Å². The van der Waals surface area contributed by atoms with Gasteiger partial charge >= 0.3 is 5.97 Å². The van der Waals surface area contributed by atoms with E-state index in [0.29, 0.717) is 30.1 Å². The van der Waals surface area contributed by atoms with Gasteiger partial charge in [0.15, 0.2) is 0 Å². The Bertz CT molecular complexity index is 916. The number of hydrogen-bond acceptors (Lipinski definition) is 7. The summed E-state index contributed by atoms with van der Waals surface area (Å²) < 4.78 is 10.4. The Balaban J connectivity index is 0.00000133. The molecule has 0 radical (unpaired) electrons. The lowest BCUT2D eigenvalue weighted by Crippen LogP contribution is -2.51. The second-order valence-corrected chi connectivity index (χ2v) is 9.20. The number of benzene rings is 1.